The monoisotopic (exact) mass is 498 g/mol. The molecule has 0 radical (unpaired) electrons. The van der Waals surface area contributed by atoms with Crippen molar-refractivity contribution < 1.29 is 0 Å². The highest BCUT2D eigenvalue weighted by Crippen LogP contribution is 2.57. The van der Waals surface area contributed by atoms with Crippen molar-refractivity contribution in [3.05, 3.63) is 172 Å². The van der Waals surface area contributed by atoms with E-state index in [2.05, 4.69) is 127 Å². The van der Waals surface area contributed by atoms with E-state index in [9.17, 15) is 0 Å². The summed E-state index contributed by atoms with van der Waals surface area (Å²) in [6, 6.07) is 32.3. The minimum atomic E-state index is 0.340. The van der Waals surface area contributed by atoms with Crippen molar-refractivity contribution >= 4 is 16.3 Å². The maximum absolute atomic E-state index is 2.50. The van der Waals surface area contributed by atoms with Gasteiger partial charge in [0.05, 0.1) is 0 Å². The van der Waals surface area contributed by atoms with Crippen LogP contribution in [0.5, 0.6) is 0 Å². The smallest absolute Gasteiger partial charge is 0.0167 e. The molecule has 5 atom stereocenters. The first-order chi connectivity index (χ1) is 19.3. The summed E-state index contributed by atoms with van der Waals surface area (Å²) in [6.45, 7) is 0. The first-order valence-corrected chi connectivity index (χ1v) is 14.5. The molecule has 39 heavy (non-hydrogen) atoms. The molecule has 0 spiro atoms. The Morgan fingerprint density at radius 2 is 1.36 bits per heavy atom. The van der Waals surface area contributed by atoms with Crippen LogP contribution in [0.25, 0.3) is 16.3 Å². The van der Waals surface area contributed by atoms with E-state index in [1.54, 1.807) is 11.1 Å². The second-order valence-electron chi connectivity index (χ2n) is 11.9. The zero-order valence-electron chi connectivity index (χ0n) is 21.9. The van der Waals surface area contributed by atoms with Gasteiger partial charge in [0.15, 0.2) is 0 Å². The van der Waals surface area contributed by atoms with Gasteiger partial charge in [0.1, 0.15) is 0 Å². The molecule has 0 nitrogen and oxygen atoms in total. The average molecular weight is 499 g/mol. The third kappa shape index (κ3) is 3.06. The number of hydrogen-bond acceptors (Lipinski definition) is 0. The van der Waals surface area contributed by atoms with Crippen LogP contribution in [0.15, 0.2) is 139 Å². The number of benzene rings is 4. The third-order valence-corrected chi connectivity index (χ3v) is 10.1. The second kappa shape index (κ2) is 8.17. The Labute approximate surface area is 230 Å². The summed E-state index contributed by atoms with van der Waals surface area (Å²) in [5.74, 6) is 2.17. The van der Waals surface area contributed by atoms with Gasteiger partial charge in [0.25, 0.3) is 0 Å². The van der Waals surface area contributed by atoms with Gasteiger partial charge < -0.3 is 0 Å². The van der Waals surface area contributed by atoms with Crippen molar-refractivity contribution in [2.24, 2.45) is 17.8 Å². The van der Waals surface area contributed by atoms with Crippen LogP contribution in [0.2, 0.25) is 0 Å². The number of rotatable bonds is 2. The SMILES string of the molecule is C1=CC2C(C=C1)[C@H](c1ccc3ccccc3c1)c1ccccc1[C@H]2c1cccc2c1C1=C(C2)C2=CC[C@@H]2C=C1. The van der Waals surface area contributed by atoms with Gasteiger partial charge in [0.2, 0.25) is 0 Å². The topological polar surface area (TPSA) is 0 Å². The molecule has 0 amide bonds. The summed E-state index contributed by atoms with van der Waals surface area (Å²) in [4.78, 5) is 0. The van der Waals surface area contributed by atoms with E-state index in [-0.39, 0.29) is 0 Å². The molecule has 5 aliphatic rings. The molecular weight excluding hydrogens is 468 g/mol. The van der Waals surface area contributed by atoms with Crippen molar-refractivity contribution in [1.29, 1.82) is 0 Å². The van der Waals surface area contributed by atoms with Gasteiger partial charge >= 0.3 is 0 Å². The summed E-state index contributed by atoms with van der Waals surface area (Å²) < 4.78 is 0. The standard InChI is InChI=1S/C39H30/c1-2-9-26-22-28(17-16-24(26)8-1)37-30-11-3-5-13-32(30)39(33-14-6-4-12-31(33)37)35-15-7-10-27-23-36-29-20-18-25(29)19-21-34(36)38(27)35/h1-17,19-22,25,30,32,37,39H,18,23H2/t25-,30?,32?,37+,39+/m1/s1. The van der Waals surface area contributed by atoms with E-state index in [4.69, 9.17) is 0 Å². The summed E-state index contributed by atoms with van der Waals surface area (Å²) in [5, 5.41) is 2.64. The van der Waals surface area contributed by atoms with Gasteiger partial charge in [-0.15, -0.1) is 0 Å². The zero-order valence-corrected chi connectivity index (χ0v) is 21.9. The van der Waals surface area contributed by atoms with Gasteiger partial charge in [0, 0.05) is 17.8 Å². The van der Waals surface area contributed by atoms with Crippen molar-refractivity contribution in [2.45, 2.75) is 24.7 Å². The van der Waals surface area contributed by atoms with Gasteiger partial charge in [-0.25, -0.2) is 0 Å². The van der Waals surface area contributed by atoms with E-state index in [0.717, 1.165) is 6.42 Å². The molecule has 0 saturated heterocycles. The molecule has 4 aromatic rings. The molecule has 0 heteroatoms. The number of allylic oxidation sites excluding steroid dienone is 10. The van der Waals surface area contributed by atoms with Crippen molar-refractivity contribution in [2.75, 3.05) is 0 Å². The van der Waals surface area contributed by atoms with Crippen LogP contribution in [0.1, 0.15) is 51.6 Å². The molecule has 0 N–H and O–H groups in total. The Morgan fingerprint density at radius 3 is 2.18 bits per heavy atom. The number of fused-ring (bicyclic) bond motifs is 7. The molecule has 2 unspecified atom stereocenters. The highest BCUT2D eigenvalue weighted by Gasteiger charge is 2.44. The third-order valence-electron chi connectivity index (χ3n) is 10.1. The predicted molar refractivity (Wildman–Crippen MR) is 162 cm³/mol. The fourth-order valence-electron chi connectivity index (χ4n) is 8.32. The van der Waals surface area contributed by atoms with E-state index in [0.29, 0.717) is 29.6 Å². The molecular formula is C39H30. The molecule has 0 aliphatic heterocycles. The van der Waals surface area contributed by atoms with Crippen molar-refractivity contribution in [1.82, 2.24) is 0 Å². The summed E-state index contributed by atoms with van der Waals surface area (Å²) >= 11 is 0. The molecule has 0 heterocycles. The van der Waals surface area contributed by atoms with Gasteiger partial charge in [-0.3, -0.25) is 0 Å². The summed E-state index contributed by atoms with van der Waals surface area (Å²) in [7, 11) is 0. The van der Waals surface area contributed by atoms with Crippen molar-refractivity contribution in [3.63, 3.8) is 0 Å². The molecule has 5 aliphatic carbocycles. The van der Waals surface area contributed by atoms with Crippen LogP contribution in [0, 0.1) is 17.8 Å². The fourth-order valence-corrected chi connectivity index (χ4v) is 8.32. The molecule has 0 aromatic heterocycles. The summed E-state index contributed by atoms with van der Waals surface area (Å²) in [6.07, 6.45) is 19.2. The van der Waals surface area contributed by atoms with Crippen LogP contribution in [-0.2, 0) is 6.42 Å². The number of hydrogen-bond donors (Lipinski definition) is 0. The van der Waals surface area contributed by atoms with Crippen LogP contribution < -0.4 is 0 Å². The maximum Gasteiger partial charge on any atom is 0.0167 e. The van der Waals surface area contributed by atoms with E-state index in [1.807, 2.05) is 0 Å². The molecule has 9 rings (SSSR count). The highest BCUT2D eigenvalue weighted by molar-refractivity contribution is 5.90. The largest absolute Gasteiger partial charge is 0.0799 e. The first-order valence-electron chi connectivity index (χ1n) is 14.5. The van der Waals surface area contributed by atoms with Crippen LogP contribution in [0.3, 0.4) is 0 Å². The van der Waals surface area contributed by atoms with E-state index in [1.165, 1.54) is 56.1 Å². The van der Waals surface area contributed by atoms with Gasteiger partial charge in [-0.2, -0.15) is 0 Å². The molecule has 0 bridgehead atoms. The molecule has 4 aromatic carbocycles. The van der Waals surface area contributed by atoms with Crippen LogP contribution in [0.4, 0.5) is 0 Å². The molecule has 186 valence electrons. The lowest BCUT2D eigenvalue weighted by Crippen LogP contribution is -2.33. The fraction of sp³-hybridized carbons (Fsp3) is 0.179. The summed E-state index contributed by atoms with van der Waals surface area (Å²) in [5.41, 5.74) is 13.6. The average Bonchev–Trinajstić information content (AvgIpc) is 3.33. The lowest BCUT2D eigenvalue weighted by molar-refractivity contribution is 0.361. The van der Waals surface area contributed by atoms with Crippen LogP contribution >= 0.6 is 0 Å². The Morgan fingerprint density at radius 1 is 0.615 bits per heavy atom. The minimum absolute atomic E-state index is 0.340. The first kappa shape index (κ1) is 21.7. The van der Waals surface area contributed by atoms with Gasteiger partial charge in [-0.05, 0) is 85.5 Å². The second-order valence-corrected chi connectivity index (χ2v) is 11.9. The van der Waals surface area contributed by atoms with Gasteiger partial charge in [-0.1, -0.05) is 127 Å². The Hall–Kier alpha value is -4.16. The molecule has 0 saturated carbocycles. The lowest BCUT2D eigenvalue weighted by Gasteiger charge is -2.44. The van der Waals surface area contributed by atoms with Crippen molar-refractivity contribution in [3.8, 4) is 0 Å². The quantitative estimate of drug-likeness (QED) is 0.258. The Bertz CT molecular complexity index is 1840. The molecule has 0 fully saturated rings. The van der Waals surface area contributed by atoms with E-state index < -0.39 is 0 Å². The zero-order chi connectivity index (χ0) is 25.5. The Kier molecular flexibility index (Phi) is 4.55. The normalized spacial score (nSPS) is 27.3. The van der Waals surface area contributed by atoms with Crippen LogP contribution in [-0.4, -0.2) is 0 Å². The lowest BCUT2D eigenvalue weighted by atomic mass is 9.59. The predicted octanol–water partition coefficient (Wildman–Crippen LogP) is 9.30. The highest BCUT2D eigenvalue weighted by atomic mass is 14.5. The minimum Gasteiger partial charge on any atom is -0.0799 e. The van der Waals surface area contributed by atoms with E-state index >= 15 is 0 Å². The maximum atomic E-state index is 2.50. The Balaban J connectivity index is 1.25.